The monoisotopic (exact) mass is 465 g/mol. The number of carbonyl (C=O) groups excluding carboxylic acids is 4. The predicted molar refractivity (Wildman–Crippen MR) is 115 cm³/mol. The van der Waals surface area contributed by atoms with Crippen LogP contribution in [0, 0.1) is 0 Å². The first-order chi connectivity index (χ1) is 15.1. The Labute approximate surface area is 190 Å². The van der Waals surface area contributed by atoms with Crippen molar-refractivity contribution in [3.05, 3.63) is 35.9 Å². The topological polar surface area (TPSA) is 137 Å². The summed E-state index contributed by atoms with van der Waals surface area (Å²) in [4.78, 5) is 51.0. The Morgan fingerprint density at radius 2 is 1.88 bits per heavy atom. The number of ether oxygens (including phenoxy) is 3. The average molecular weight is 466 g/mol. The van der Waals surface area contributed by atoms with E-state index in [1.165, 1.54) is 23.6 Å². The molecule has 10 nitrogen and oxygen atoms in total. The zero-order chi connectivity index (χ0) is 23.6. The maximum absolute atomic E-state index is 12.8. The van der Waals surface area contributed by atoms with Crippen LogP contribution in [0.25, 0.3) is 0 Å². The van der Waals surface area contributed by atoms with Gasteiger partial charge in [-0.15, -0.1) is 11.8 Å². The van der Waals surface area contributed by atoms with E-state index < -0.39 is 58.5 Å². The van der Waals surface area contributed by atoms with Crippen LogP contribution >= 0.6 is 11.8 Å². The number of amides is 2. The number of nitrogens with two attached hydrogens (primary N) is 1. The van der Waals surface area contributed by atoms with Crippen LogP contribution in [-0.2, 0) is 28.6 Å². The maximum Gasteiger partial charge on any atom is 0.511 e. The molecule has 2 amide bonds. The summed E-state index contributed by atoms with van der Waals surface area (Å²) in [6, 6.07) is 6.21. The third-order valence-electron chi connectivity index (χ3n) is 5.21. The van der Waals surface area contributed by atoms with Crippen LogP contribution in [-0.4, -0.2) is 63.9 Å². The van der Waals surface area contributed by atoms with Gasteiger partial charge in [0.15, 0.2) is 0 Å². The van der Waals surface area contributed by atoms with Gasteiger partial charge in [-0.3, -0.25) is 9.59 Å². The Morgan fingerprint density at radius 1 is 1.22 bits per heavy atom. The molecule has 0 saturated carbocycles. The molecular weight excluding hydrogens is 438 g/mol. The zero-order valence-electron chi connectivity index (χ0n) is 18.3. The molecule has 11 heteroatoms. The van der Waals surface area contributed by atoms with Gasteiger partial charge in [0.2, 0.25) is 18.1 Å². The molecule has 2 saturated heterocycles. The quantitative estimate of drug-likeness (QED) is 0.347. The second kappa shape index (κ2) is 9.37. The minimum absolute atomic E-state index is 0.122. The van der Waals surface area contributed by atoms with E-state index in [1.54, 1.807) is 45.0 Å². The highest BCUT2D eigenvalue weighted by atomic mass is 32.2. The standard InChI is InChI=1S/C21H27N3O7S/c1-5-29-20(28)31-11(2)30-19(27)15-21(3,4)32-18-14(17(26)24(15)18)23-16(25)13(22)12-9-7-6-8-10-12/h6-11,13-15,18H,5,22H2,1-4H3,(H,23,25)/t11-,13+,14-,15+,18-/m0/s1. The van der Waals surface area contributed by atoms with Gasteiger partial charge in [-0.1, -0.05) is 30.3 Å². The van der Waals surface area contributed by atoms with Crippen LogP contribution in [0.1, 0.15) is 39.3 Å². The molecule has 0 aromatic heterocycles. The van der Waals surface area contributed by atoms with Gasteiger partial charge in [-0.25, -0.2) is 9.59 Å². The third-order valence-corrected chi connectivity index (χ3v) is 6.78. The Bertz CT molecular complexity index is 895. The van der Waals surface area contributed by atoms with E-state index in [2.05, 4.69) is 10.1 Å². The summed E-state index contributed by atoms with van der Waals surface area (Å²) in [7, 11) is 0. The number of nitrogens with one attached hydrogen (secondary N) is 1. The highest BCUT2D eigenvalue weighted by Crippen LogP contribution is 2.51. The maximum atomic E-state index is 12.8. The molecule has 2 fully saturated rings. The Balaban J connectivity index is 1.63. The van der Waals surface area contributed by atoms with E-state index in [4.69, 9.17) is 15.2 Å². The third kappa shape index (κ3) is 4.68. The van der Waals surface area contributed by atoms with E-state index >= 15 is 0 Å². The van der Waals surface area contributed by atoms with Crippen molar-refractivity contribution >= 4 is 35.7 Å². The molecule has 0 radical (unpaired) electrons. The number of esters is 1. The normalized spacial score (nSPS) is 25.1. The van der Waals surface area contributed by atoms with Crippen LogP contribution in [0.5, 0.6) is 0 Å². The lowest BCUT2D eigenvalue weighted by Gasteiger charge is -2.44. The summed E-state index contributed by atoms with van der Waals surface area (Å²) >= 11 is 1.38. The Morgan fingerprint density at radius 3 is 2.50 bits per heavy atom. The molecule has 2 heterocycles. The number of thioether (sulfide) groups is 1. The molecule has 5 atom stereocenters. The van der Waals surface area contributed by atoms with Gasteiger partial charge in [0.1, 0.15) is 23.5 Å². The molecular formula is C21H27N3O7S. The Hall–Kier alpha value is -2.79. The lowest BCUT2D eigenvalue weighted by Crippen LogP contribution is -2.71. The SMILES string of the molecule is CCOC(=O)O[C@@H](C)OC(=O)[C@H]1N2C(=O)[C@H](NC(=O)[C@H](N)c3ccccc3)[C@@H]2SC1(C)C. The summed E-state index contributed by atoms with van der Waals surface area (Å²) in [6.45, 7) is 6.74. The minimum Gasteiger partial charge on any atom is -0.435 e. The highest BCUT2D eigenvalue weighted by molar-refractivity contribution is 8.01. The summed E-state index contributed by atoms with van der Waals surface area (Å²) in [5, 5.41) is 2.26. The smallest absolute Gasteiger partial charge is 0.435 e. The van der Waals surface area contributed by atoms with Crippen molar-refractivity contribution in [1.29, 1.82) is 0 Å². The number of hydrogen-bond donors (Lipinski definition) is 2. The van der Waals surface area contributed by atoms with E-state index in [-0.39, 0.29) is 6.61 Å². The summed E-state index contributed by atoms with van der Waals surface area (Å²) in [6.07, 6.45) is -2.14. The van der Waals surface area contributed by atoms with Crippen LogP contribution < -0.4 is 11.1 Å². The van der Waals surface area contributed by atoms with Crippen LogP contribution in [0.2, 0.25) is 0 Å². The number of β-lactam (4-membered cyclic amide) rings is 1. The molecule has 0 bridgehead atoms. The van der Waals surface area contributed by atoms with Gasteiger partial charge >= 0.3 is 12.1 Å². The number of carbonyl (C=O) groups is 4. The highest BCUT2D eigenvalue weighted by Gasteiger charge is 2.64. The summed E-state index contributed by atoms with van der Waals surface area (Å²) in [5.74, 6) is -1.58. The number of fused-ring (bicyclic) bond motifs is 1. The second-order valence-electron chi connectivity index (χ2n) is 7.94. The Kier molecular flexibility index (Phi) is 6.99. The molecule has 174 valence electrons. The first kappa shape index (κ1) is 23.9. The van der Waals surface area contributed by atoms with E-state index in [1.807, 2.05) is 6.07 Å². The van der Waals surface area contributed by atoms with Crippen molar-refractivity contribution in [3.8, 4) is 0 Å². The molecule has 32 heavy (non-hydrogen) atoms. The zero-order valence-corrected chi connectivity index (χ0v) is 19.1. The van der Waals surface area contributed by atoms with E-state index in [0.717, 1.165) is 0 Å². The van der Waals surface area contributed by atoms with Crippen LogP contribution in [0.4, 0.5) is 4.79 Å². The lowest BCUT2D eigenvalue weighted by molar-refractivity contribution is -0.180. The number of rotatable bonds is 7. The molecule has 1 aromatic carbocycles. The molecule has 0 spiro atoms. The fraction of sp³-hybridized carbons (Fsp3) is 0.524. The molecule has 2 aliphatic heterocycles. The van der Waals surface area contributed by atoms with Crippen LogP contribution in [0.3, 0.4) is 0 Å². The average Bonchev–Trinajstić information content (AvgIpc) is 2.99. The molecule has 0 aliphatic carbocycles. The van der Waals surface area contributed by atoms with Crippen LogP contribution in [0.15, 0.2) is 30.3 Å². The second-order valence-corrected chi connectivity index (χ2v) is 9.71. The summed E-state index contributed by atoms with van der Waals surface area (Å²) in [5.41, 5.74) is 6.65. The fourth-order valence-corrected chi connectivity index (χ4v) is 5.34. The van der Waals surface area contributed by atoms with Crippen molar-refractivity contribution < 1.29 is 33.4 Å². The van der Waals surface area contributed by atoms with Gasteiger partial charge in [0.25, 0.3) is 0 Å². The molecule has 0 unspecified atom stereocenters. The number of hydrogen-bond acceptors (Lipinski definition) is 9. The first-order valence-corrected chi connectivity index (χ1v) is 11.1. The van der Waals surface area contributed by atoms with E-state index in [0.29, 0.717) is 5.56 Å². The van der Waals surface area contributed by atoms with Gasteiger partial charge in [0.05, 0.1) is 6.61 Å². The number of benzene rings is 1. The van der Waals surface area contributed by atoms with Crippen molar-refractivity contribution in [3.63, 3.8) is 0 Å². The largest absolute Gasteiger partial charge is 0.511 e. The van der Waals surface area contributed by atoms with Gasteiger partial charge in [-0.05, 0) is 26.3 Å². The molecule has 3 N–H and O–H groups in total. The van der Waals surface area contributed by atoms with Gasteiger partial charge in [-0.2, -0.15) is 0 Å². The lowest BCUT2D eigenvalue weighted by atomic mass is 9.95. The fourth-order valence-electron chi connectivity index (χ4n) is 3.72. The van der Waals surface area contributed by atoms with Crippen molar-refractivity contribution in [2.24, 2.45) is 5.73 Å². The molecule has 1 aromatic rings. The predicted octanol–water partition coefficient (Wildman–Crippen LogP) is 1.30. The number of nitrogens with zero attached hydrogens (tertiary/aromatic N) is 1. The van der Waals surface area contributed by atoms with E-state index in [9.17, 15) is 19.2 Å². The summed E-state index contributed by atoms with van der Waals surface area (Å²) < 4.78 is 14.0. The van der Waals surface area contributed by atoms with Gasteiger partial charge < -0.3 is 30.2 Å². The minimum atomic E-state index is -1.18. The molecule has 2 aliphatic rings. The first-order valence-electron chi connectivity index (χ1n) is 10.2. The molecule has 3 rings (SSSR count). The van der Waals surface area contributed by atoms with Crippen molar-refractivity contribution in [1.82, 2.24) is 10.2 Å². The van der Waals surface area contributed by atoms with Crippen molar-refractivity contribution in [2.45, 2.75) is 62.2 Å². The van der Waals surface area contributed by atoms with Gasteiger partial charge in [0, 0.05) is 11.7 Å². The van der Waals surface area contributed by atoms with Crippen molar-refractivity contribution in [2.75, 3.05) is 6.61 Å².